The zero-order valence-electron chi connectivity index (χ0n) is 27.8. The van der Waals surface area contributed by atoms with E-state index in [-0.39, 0.29) is 5.95 Å². The van der Waals surface area contributed by atoms with Crippen molar-refractivity contribution < 1.29 is 0 Å². The van der Waals surface area contributed by atoms with Gasteiger partial charge in [-0.1, -0.05) is 109 Å². The van der Waals surface area contributed by atoms with Crippen LogP contribution in [0.5, 0.6) is 0 Å². The van der Waals surface area contributed by atoms with E-state index in [0.717, 1.165) is 66.7 Å². The number of nitrogens with two attached hydrogens (primary N) is 3. The van der Waals surface area contributed by atoms with Crippen molar-refractivity contribution in [3.05, 3.63) is 145 Å². The molecule has 2 unspecified atom stereocenters. The summed E-state index contributed by atoms with van der Waals surface area (Å²) in [6.07, 6.45) is 3.49. The summed E-state index contributed by atoms with van der Waals surface area (Å²) in [6.45, 7) is 0. The third kappa shape index (κ3) is 6.21. The summed E-state index contributed by atoms with van der Waals surface area (Å²) in [5, 5.41) is 4.67. The first kappa shape index (κ1) is 31.6. The highest BCUT2D eigenvalue weighted by molar-refractivity contribution is 5.91. The zero-order valence-corrected chi connectivity index (χ0v) is 27.8. The van der Waals surface area contributed by atoms with Crippen LogP contribution >= 0.6 is 0 Å². The lowest BCUT2D eigenvalue weighted by Gasteiger charge is -2.21. The molecule has 51 heavy (non-hydrogen) atoms. The number of hydrogen-bond acceptors (Lipinski definition) is 10. The number of anilines is 2. The van der Waals surface area contributed by atoms with E-state index in [9.17, 15) is 0 Å². The molecule has 10 nitrogen and oxygen atoms in total. The predicted molar refractivity (Wildman–Crippen MR) is 204 cm³/mol. The molecule has 8 rings (SSSR count). The second kappa shape index (κ2) is 13.4. The van der Waals surface area contributed by atoms with E-state index in [1.807, 2.05) is 84.9 Å². The minimum atomic E-state index is -0.453. The Balaban J connectivity index is 1.09. The molecule has 10 heteroatoms. The Labute approximate surface area is 294 Å². The second-order valence-corrected chi connectivity index (χ2v) is 12.3. The van der Waals surface area contributed by atoms with Crippen molar-refractivity contribution in [2.75, 3.05) is 18.1 Å². The van der Waals surface area contributed by atoms with Crippen molar-refractivity contribution in [3.8, 4) is 44.8 Å². The Morgan fingerprint density at radius 3 is 1.43 bits per heavy atom. The number of pyridine rings is 2. The minimum Gasteiger partial charge on any atom is -0.368 e. The Kier molecular flexibility index (Phi) is 8.28. The van der Waals surface area contributed by atoms with Gasteiger partial charge >= 0.3 is 0 Å². The largest absolute Gasteiger partial charge is 0.368 e. The van der Waals surface area contributed by atoms with Crippen LogP contribution in [0.25, 0.3) is 66.8 Å². The predicted octanol–water partition coefficient (Wildman–Crippen LogP) is 7.35. The Hall–Kier alpha value is -6.62. The molecular weight excluding hydrogens is 633 g/mol. The second-order valence-electron chi connectivity index (χ2n) is 12.3. The summed E-state index contributed by atoms with van der Waals surface area (Å²) in [6, 6.07) is 39.7. The molecule has 0 fully saturated rings. The van der Waals surface area contributed by atoms with Crippen LogP contribution in [0, 0.1) is 0 Å². The Morgan fingerprint density at radius 2 is 0.961 bits per heavy atom. The van der Waals surface area contributed by atoms with Gasteiger partial charge in [-0.25, -0.2) is 19.9 Å². The van der Waals surface area contributed by atoms with Gasteiger partial charge in [-0.15, -0.1) is 0 Å². The first-order valence-electron chi connectivity index (χ1n) is 16.6. The van der Waals surface area contributed by atoms with Crippen molar-refractivity contribution in [3.63, 3.8) is 0 Å². The van der Waals surface area contributed by atoms with Gasteiger partial charge in [0.15, 0.2) is 11.3 Å². The molecule has 0 aliphatic rings. The molecule has 4 heterocycles. The molecule has 0 bridgehead atoms. The average Bonchev–Trinajstić information content (AvgIpc) is 3.20. The molecule has 4 aromatic heterocycles. The average molecular weight is 667 g/mol. The SMILES string of the molecule is CNc1ncc2cc(-c3ccccc3)c(-c3ccc(C(N)C(N)c4ccc(-c5nc6nc(N)ncc6cc5-c5ccccc5)cc4)cc3)nc2n1. The highest BCUT2D eigenvalue weighted by Crippen LogP contribution is 2.36. The molecule has 0 aliphatic heterocycles. The molecule has 4 aromatic carbocycles. The van der Waals surface area contributed by atoms with E-state index in [4.69, 9.17) is 27.2 Å². The van der Waals surface area contributed by atoms with Gasteiger partial charge in [0, 0.05) is 64.6 Å². The summed E-state index contributed by atoms with van der Waals surface area (Å²) in [7, 11) is 1.79. The van der Waals surface area contributed by atoms with E-state index < -0.39 is 12.1 Å². The van der Waals surface area contributed by atoms with Gasteiger partial charge in [-0.05, 0) is 34.4 Å². The third-order valence-electron chi connectivity index (χ3n) is 9.07. The van der Waals surface area contributed by atoms with Gasteiger partial charge in [0.05, 0.1) is 11.4 Å². The van der Waals surface area contributed by atoms with Crippen molar-refractivity contribution in [2.45, 2.75) is 12.1 Å². The maximum atomic E-state index is 6.81. The fraction of sp³-hybridized carbons (Fsp3) is 0.0732. The molecule has 0 saturated heterocycles. The normalized spacial score (nSPS) is 12.5. The Bertz CT molecular complexity index is 2490. The quantitative estimate of drug-likeness (QED) is 0.129. The summed E-state index contributed by atoms with van der Waals surface area (Å²) < 4.78 is 0. The van der Waals surface area contributed by atoms with Crippen molar-refractivity contribution in [1.82, 2.24) is 29.9 Å². The molecule has 0 radical (unpaired) electrons. The van der Waals surface area contributed by atoms with E-state index in [1.54, 1.807) is 19.4 Å². The highest BCUT2D eigenvalue weighted by atomic mass is 15.1. The van der Waals surface area contributed by atoms with E-state index >= 15 is 0 Å². The van der Waals surface area contributed by atoms with Crippen LogP contribution in [0.2, 0.25) is 0 Å². The summed E-state index contributed by atoms with van der Waals surface area (Å²) in [4.78, 5) is 27.4. The van der Waals surface area contributed by atoms with Crippen LogP contribution in [-0.4, -0.2) is 37.0 Å². The van der Waals surface area contributed by atoms with E-state index in [1.165, 1.54) is 0 Å². The van der Waals surface area contributed by atoms with E-state index in [2.05, 4.69) is 61.7 Å². The van der Waals surface area contributed by atoms with Crippen LogP contribution in [0.3, 0.4) is 0 Å². The molecular formula is C41H34N10. The van der Waals surface area contributed by atoms with Gasteiger partial charge < -0.3 is 22.5 Å². The van der Waals surface area contributed by atoms with Crippen LogP contribution in [0.1, 0.15) is 23.2 Å². The van der Waals surface area contributed by atoms with Gasteiger partial charge in [-0.2, -0.15) is 9.97 Å². The molecule has 0 saturated carbocycles. The molecule has 2 atom stereocenters. The number of benzene rings is 4. The maximum absolute atomic E-state index is 6.81. The number of fused-ring (bicyclic) bond motifs is 2. The van der Waals surface area contributed by atoms with E-state index in [0.29, 0.717) is 17.2 Å². The first-order chi connectivity index (χ1) is 24.9. The monoisotopic (exact) mass is 666 g/mol. The summed E-state index contributed by atoms with van der Waals surface area (Å²) >= 11 is 0. The lowest BCUT2D eigenvalue weighted by molar-refractivity contribution is 0.574. The zero-order chi connectivity index (χ0) is 34.9. The molecule has 0 spiro atoms. The molecule has 248 valence electrons. The van der Waals surface area contributed by atoms with Gasteiger partial charge in [0.2, 0.25) is 11.9 Å². The smallest absolute Gasteiger partial charge is 0.224 e. The van der Waals surface area contributed by atoms with Crippen molar-refractivity contribution in [2.24, 2.45) is 11.5 Å². The van der Waals surface area contributed by atoms with Crippen LogP contribution in [-0.2, 0) is 0 Å². The standard InChI is InChI=1S/C41H34N10/c1-45-41-47-23-31-21-33(25-10-6-3-7-11-25)37(49-39(31)51-41)29-18-14-27(15-19-29)35(43)34(42)26-12-16-28(17-13-26)36-32(24-8-4-2-5-9-24)20-30-22-46-40(44)50-38(30)48-36/h2-23,34-35H,42-43H2,1H3,(H2,44,46,48,50)(H,45,47,49,51). The Morgan fingerprint density at radius 1 is 0.510 bits per heavy atom. The topological polar surface area (TPSA) is 167 Å². The lowest BCUT2D eigenvalue weighted by Crippen LogP contribution is -2.26. The minimum absolute atomic E-state index is 0.180. The molecule has 7 N–H and O–H groups in total. The van der Waals surface area contributed by atoms with Crippen molar-refractivity contribution in [1.29, 1.82) is 0 Å². The first-order valence-corrected chi connectivity index (χ1v) is 16.6. The van der Waals surface area contributed by atoms with Crippen LogP contribution < -0.4 is 22.5 Å². The lowest BCUT2D eigenvalue weighted by atomic mass is 9.91. The van der Waals surface area contributed by atoms with Crippen LogP contribution in [0.15, 0.2) is 134 Å². The number of nitrogens with one attached hydrogen (secondary N) is 1. The number of aromatic nitrogens is 6. The number of nitrogen functional groups attached to an aromatic ring is 1. The number of rotatable bonds is 8. The fourth-order valence-corrected chi connectivity index (χ4v) is 6.32. The summed E-state index contributed by atoms with van der Waals surface area (Å²) in [5.74, 6) is 0.696. The maximum Gasteiger partial charge on any atom is 0.224 e. The van der Waals surface area contributed by atoms with Gasteiger partial charge in [0.25, 0.3) is 0 Å². The summed E-state index contributed by atoms with van der Waals surface area (Å²) in [5.41, 5.74) is 30.0. The molecule has 8 aromatic rings. The molecule has 0 amide bonds. The van der Waals surface area contributed by atoms with Gasteiger partial charge in [-0.3, -0.25) is 0 Å². The van der Waals surface area contributed by atoms with Crippen molar-refractivity contribution >= 4 is 34.0 Å². The highest BCUT2D eigenvalue weighted by Gasteiger charge is 2.20. The number of nitrogens with zero attached hydrogens (tertiary/aromatic N) is 6. The number of hydrogen-bond donors (Lipinski definition) is 4. The third-order valence-corrected chi connectivity index (χ3v) is 9.07. The van der Waals surface area contributed by atoms with Crippen LogP contribution in [0.4, 0.5) is 11.9 Å². The van der Waals surface area contributed by atoms with Gasteiger partial charge in [0.1, 0.15) is 0 Å². The fourth-order valence-electron chi connectivity index (χ4n) is 6.32. The molecule has 0 aliphatic carbocycles.